The van der Waals surface area contributed by atoms with Crippen molar-refractivity contribution in [2.75, 3.05) is 13.1 Å². The van der Waals surface area contributed by atoms with Crippen molar-refractivity contribution in [1.29, 1.82) is 0 Å². The summed E-state index contributed by atoms with van der Waals surface area (Å²) in [6, 6.07) is 6.83. The number of aromatic nitrogens is 2. The van der Waals surface area contributed by atoms with Crippen molar-refractivity contribution in [2.24, 2.45) is 0 Å². The van der Waals surface area contributed by atoms with Crippen LogP contribution in [0.1, 0.15) is 25.7 Å². The summed E-state index contributed by atoms with van der Waals surface area (Å²) in [4.78, 5) is 41.3. The van der Waals surface area contributed by atoms with Gasteiger partial charge in [-0.05, 0) is 25.0 Å². The summed E-state index contributed by atoms with van der Waals surface area (Å²) in [7, 11) is 0. The standard InChI is InChI=1S/C16H19N3O3/c20-14(18-9-5-1-2-6-10-18)11-19-15(21)12-7-3-4-8-13(12)17-16(19)22/h3-4,7-8H,1-2,5-6,9-11H2,(H,17,22). The van der Waals surface area contributed by atoms with E-state index >= 15 is 0 Å². The third-order valence-electron chi connectivity index (χ3n) is 4.14. The summed E-state index contributed by atoms with van der Waals surface area (Å²) in [5, 5.41) is 0.422. The summed E-state index contributed by atoms with van der Waals surface area (Å²) < 4.78 is 0.996. The van der Waals surface area contributed by atoms with Gasteiger partial charge in [-0.3, -0.25) is 14.2 Å². The molecule has 1 aromatic heterocycles. The minimum absolute atomic E-state index is 0.162. The first-order valence-corrected chi connectivity index (χ1v) is 7.66. The van der Waals surface area contributed by atoms with Crippen LogP contribution in [0.2, 0.25) is 0 Å². The molecule has 1 aromatic carbocycles. The molecule has 1 N–H and O–H groups in total. The maximum atomic E-state index is 12.4. The molecule has 0 saturated carbocycles. The van der Waals surface area contributed by atoms with Crippen LogP contribution in [0.25, 0.3) is 10.9 Å². The molecule has 0 aliphatic carbocycles. The number of nitrogens with one attached hydrogen (secondary N) is 1. The zero-order chi connectivity index (χ0) is 15.5. The van der Waals surface area contributed by atoms with Crippen LogP contribution in [0, 0.1) is 0 Å². The number of likely N-dealkylation sites (tertiary alicyclic amines) is 1. The molecule has 6 nitrogen and oxygen atoms in total. The van der Waals surface area contributed by atoms with Crippen molar-refractivity contribution in [1.82, 2.24) is 14.5 Å². The van der Waals surface area contributed by atoms with Gasteiger partial charge in [-0.1, -0.05) is 25.0 Å². The van der Waals surface area contributed by atoms with Gasteiger partial charge < -0.3 is 9.88 Å². The van der Waals surface area contributed by atoms with Crippen molar-refractivity contribution in [3.8, 4) is 0 Å². The molecule has 0 bridgehead atoms. The Bertz CT molecular complexity index is 798. The molecule has 2 aromatic rings. The highest BCUT2D eigenvalue weighted by atomic mass is 16.2. The quantitative estimate of drug-likeness (QED) is 0.902. The minimum atomic E-state index is -0.535. The number of aromatic amines is 1. The van der Waals surface area contributed by atoms with Crippen LogP contribution >= 0.6 is 0 Å². The zero-order valence-corrected chi connectivity index (χ0v) is 12.4. The minimum Gasteiger partial charge on any atom is -0.341 e. The third-order valence-corrected chi connectivity index (χ3v) is 4.14. The van der Waals surface area contributed by atoms with Gasteiger partial charge in [0.2, 0.25) is 5.91 Å². The topological polar surface area (TPSA) is 75.2 Å². The Morgan fingerprint density at radius 2 is 1.73 bits per heavy atom. The largest absolute Gasteiger partial charge is 0.341 e. The first-order valence-electron chi connectivity index (χ1n) is 7.66. The summed E-state index contributed by atoms with van der Waals surface area (Å²) >= 11 is 0. The Morgan fingerprint density at radius 1 is 1.05 bits per heavy atom. The highest BCUT2D eigenvalue weighted by Gasteiger charge is 2.18. The molecule has 22 heavy (non-hydrogen) atoms. The number of carbonyl (C=O) groups is 1. The first kappa shape index (κ1) is 14.6. The average molecular weight is 301 g/mol. The number of hydrogen-bond donors (Lipinski definition) is 1. The number of nitrogens with zero attached hydrogens (tertiary/aromatic N) is 2. The maximum Gasteiger partial charge on any atom is 0.329 e. The van der Waals surface area contributed by atoms with Gasteiger partial charge in [0.05, 0.1) is 10.9 Å². The zero-order valence-electron chi connectivity index (χ0n) is 12.4. The number of benzene rings is 1. The SMILES string of the molecule is O=C(Cn1c(=O)[nH]c2ccccc2c1=O)N1CCCCCC1. The van der Waals surface area contributed by atoms with Crippen molar-refractivity contribution in [3.63, 3.8) is 0 Å². The Labute approximate surface area is 127 Å². The van der Waals surface area contributed by atoms with Crippen molar-refractivity contribution >= 4 is 16.8 Å². The van der Waals surface area contributed by atoms with Crippen LogP contribution in [0.5, 0.6) is 0 Å². The molecular weight excluding hydrogens is 282 g/mol. The van der Waals surface area contributed by atoms with Crippen LogP contribution in [0.3, 0.4) is 0 Å². The third kappa shape index (κ3) is 2.81. The van der Waals surface area contributed by atoms with Gasteiger partial charge in [0.1, 0.15) is 6.54 Å². The van der Waals surface area contributed by atoms with Crippen molar-refractivity contribution < 1.29 is 4.79 Å². The Morgan fingerprint density at radius 3 is 2.45 bits per heavy atom. The number of para-hydroxylation sites is 1. The monoisotopic (exact) mass is 301 g/mol. The molecular formula is C16H19N3O3. The number of H-pyrrole nitrogens is 1. The fraction of sp³-hybridized carbons (Fsp3) is 0.438. The van der Waals surface area contributed by atoms with Gasteiger partial charge in [0.25, 0.3) is 5.56 Å². The summed E-state index contributed by atoms with van der Waals surface area (Å²) in [5.74, 6) is -0.162. The predicted molar refractivity (Wildman–Crippen MR) is 83.9 cm³/mol. The molecule has 6 heteroatoms. The lowest BCUT2D eigenvalue weighted by molar-refractivity contribution is -0.131. The lowest BCUT2D eigenvalue weighted by Crippen LogP contribution is -2.42. The van der Waals surface area contributed by atoms with Crippen LogP contribution in [0.4, 0.5) is 0 Å². The molecule has 0 unspecified atom stereocenters. The molecule has 1 aliphatic rings. The second-order valence-electron chi connectivity index (χ2n) is 5.66. The molecule has 0 radical (unpaired) electrons. The highest BCUT2D eigenvalue weighted by molar-refractivity contribution is 5.79. The Hall–Kier alpha value is -2.37. The van der Waals surface area contributed by atoms with Gasteiger partial charge in [-0.15, -0.1) is 0 Å². The van der Waals surface area contributed by atoms with E-state index in [-0.39, 0.29) is 12.5 Å². The molecule has 2 heterocycles. The van der Waals surface area contributed by atoms with Crippen molar-refractivity contribution in [3.05, 3.63) is 45.1 Å². The number of rotatable bonds is 2. The van der Waals surface area contributed by atoms with E-state index in [1.165, 1.54) is 0 Å². The van der Waals surface area contributed by atoms with Crippen LogP contribution in [-0.4, -0.2) is 33.4 Å². The van der Waals surface area contributed by atoms with E-state index in [2.05, 4.69) is 4.98 Å². The van der Waals surface area contributed by atoms with E-state index in [1.54, 1.807) is 29.2 Å². The summed E-state index contributed by atoms with van der Waals surface area (Å²) in [6.07, 6.45) is 4.21. The van der Waals surface area contributed by atoms with Crippen LogP contribution in [-0.2, 0) is 11.3 Å². The van der Waals surface area contributed by atoms with E-state index in [4.69, 9.17) is 0 Å². The Kier molecular flexibility index (Phi) is 4.09. The first-order chi connectivity index (χ1) is 10.7. The second-order valence-corrected chi connectivity index (χ2v) is 5.66. The predicted octanol–water partition coefficient (Wildman–Crippen LogP) is 1.09. The number of carbonyl (C=O) groups excluding carboxylic acids is 1. The van der Waals surface area contributed by atoms with E-state index in [1.807, 2.05) is 0 Å². The molecule has 0 spiro atoms. The normalized spacial score (nSPS) is 15.7. The van der Waals surface area contributed by atoms with Crippen LogP contribution in [0.15, 0.2) is 33.9 Å². The van der Waals surface area contributed by atoms with Gasteiger partial charge in [-0.2, -0.15) is 0 Å². The molecule has 1 aliphatic heterocycles. The summed E-state index contributed by atoms with van der Waals surface area (Å²) in [5.41, 5.74) is -0.453. The molecule has 1 amide bonds. The van der Waals surface area contributed by atoms with E-state index in [0.29, 0.717) is 24.0 Å². The number of amides is 1. The average Bonchev–Trinajstić information content (AvgIpc) is 2.80. The fourth-order valence-corrected chi connectivity index (χ4v) is 2.90. The smallest absolute Gasteiger partial charge is 0.329 e. The lowest BCUT2D eigenvalue weighted by atomic mass is 10.2. The lowest BCUT2D eigenvalue weighted by Gasteiger charge is -2.20. The van der Waals surface area contributed by atoms with E-state index in [0.717, 1.165) is 30.3 Å². The molecule has 3 rings (SSSR count). The van der Waals surface area contributed by atoms with Gasteiger partial charge in [-0.25, -0.2) is 4.79 Å². The van der Waals surface area contributed by atoms with Gasteiger partial charge in [0.15, 0.2) is 0 Å². The van der Waals surface area contributed by atoms with E-state index in [9.17, 15) is 14.4 Å². The van der Waals surface area contributed by atoms with E-state index < -0.39 is 11.2 Å². The molecule has 0 atom stereocenters. The fourth-order valence-electron chi connectivity index (χ4n) is 2.90. The van der Waals surface area contributed by atoms with Crippen LogP contribution < -0.4 is 11.2 Å². The number of fused-ring (bicyclic) bond motifs is 1. The second kappa shape index (κ2) is 6.17. The Balaban J connectivity index is 1.91. The molecule has 1 saturated heterocycles. The van der Waals surface area contributed by atoms with Gasteiger partial charge >= 0.3 is 5.69 Å². The molecule has 116 valence electrons. The molecule has 1 fully saturated rings. The maximum absolute atomic E-state index is 12.4. The summed E-state index contributed by atoms with van der Waals surface area (Å²) in [6.45, 7) is 1.22. The number of hydrogen-bond acceptors (Lipinski definition) is 3. The van der Waals surface area contributed by atoms with Gasteiger partial charge in [0, 0.05) is 13.1 Å². The van der Waals surface area contributed by atoms with Crippen molar-refractivity contribution in [2.45, 2.75) is 32.2 Å². The highest BCUT2D eigenvalue weighted by Crippen LogP contribution is 2.10.